The van der Waals surface area contributed by atoms with Gasteiger partial charge in [-0.3, -0.25) is 0 Å². The molecule has 0 radical (unpaired) electrons. The topological polar surface area (TPSA) is 37.4 Å². The Kier molecular flexibility index (Phi) is 4.48. The third kappa shape index (κ3) is 4.16. The number of ether oxygens (including phenoxy) is 1. The van der Waals surface area contributed by atoms with Crippen molar-refractivity contribution in [3.05, 3.63) is 11.1 Å². The van der Waals surface area contributed by atoms with Crippen molar-refractivity contribution in [2.24, 2.45) is 0 Å². The number of nitrogens with one attached hydrogen (secondary N) is 1. The van der Waals surface area contributed by atoms with Crippen molar-refractivity contribution in [3.8, 4) is 0 Å². The van der Waals surface area contributed by atoms with E-state index in [4.69, 9.17) is 4.74 Å². The zero-order chi connectivity index (χ0) is 14.0. The van der Waals surface area contributed by atoms with E-state index >= 15 is 0 Å². The number of anilines is 1. The predicted octanol–water partition coefficient (Wildman–Crippen LogP) is 2.64. The Morgan fingerprint density at radius 1 is 1.47 bits per heavy atom. The van der Waals surface area contributed by atoms with Crippen LogP contribution in [0.4, 0.5) is 5.13 Å². The maximum absolute atomic E-state index is 5.66. The van der Waals surface area contributed by atoms with Crippen LogP contribution in [0.15, 0.2) is 6.20 Å². The van der Waals surface area contributed by atoms with E-state index in [1.807, 2.05) is 6.20 Å². The van der Waals surface area contributed by atoms with Crippen LogP contribution in [0.5, 0.6) is 0 Å². The van der Waals surface area contributed by atoms with Crippen molar-refractivity contribution in [2.45, 2.75) is 58.8 Å². The monoisotopic (exact) mass is 283 g/mol. The molecule has 2 rings (SSSR count). The van der Waals surface area contributed by atoms with Gasteiger partial charge >= 0.3 is 0 Å². The van der Waals surface area contributed by atoms with E-state index in [1.165, 1.54) is 4.88 Å². The van der Waals surface area contributed by atoms with Crippen molar-refractivity contribution in [3.63, 3.8) is 0 Å². The highest BCUT2D eigenvalue weighted by Crippen LogP contribution is 2.27. The zero-order valence-electron chi connectivity index (χ0n) is 12.6. The summed E-state index contributed by atoms with van der Waals surface area (Å²) >= 11 is 1.78. The Bertz CT molecular complexity index is 413. The van der Waals surface area contributed by atoms with Gasteiger partial charge in [-0.15, -0.1) is 11.3 Å². The lowest BCUT2D eigenvalue weighted by atomic mass is 10.1. The van der Waals surface area contributed by atoms with Crippen molar-refractivity contribution >= 4 is 16.5 Å². The van der Waals surface area contributed by atoms with Crippen LogP contribution in [-0.4, -0.2) is 35.8 Å². The second-order valence-electron chi connectivity index (χ2n) is 6.36. The molecule has 1 aromatic rings. The zero-order valence-corrected chi connectivity index (χ0v) is 13.4. The predicted molar refractivity (Wildman–Crippen MR) is 80.9 cm³/mol. The molecule has 0 amide bonds. The van der Waals surface area contributed by atoms with Gasteiger partial charge in [0, 0.05) is 29.7 Å². The van der Waals surface area contributed by atoms with Gasteiger partial charge in [0.2, 0.25) is 0 Å². The van der Waals surface area contributed by atoms with E-state index < -0.39 is 0 Å². The molecule has 2 unspecified atom stereocenters. The molecule has 5 heteroatoms. The van der Waals surface area contributed by atoms with Gasteiger partial charge in [-0.1, -0.05) is 0 Å². The third-order valence-corrected chi connectivity index (χ3v) is 4.22. The van der Waals surface area contributed by atoms with Crippen molar-refractivity contribution in [1.82, 2.24) is 10.3 Å². The summed E-state index contributed by atoms with van der Waals surface area (Å²) in [4.78, 5) is 8.22. The Labute approximate surface area is 120 Å². The van der Waals surface area contributed by atoms with E-state index in [-0.39, 0.29) is 11.6 Å². The minimum atomic E-state index is 0.144. The minimum absolute atomic E-state index is 0.144. The standard InChI is InChI=1S/C14H25N3OS/c1-10-9-18-11(2)8-17(10)13-15-6-12(19-13)7-16-14(3,4)5/h6,10-11,16H,7-9H2,1-5H3. The van der Waals surface area contributed by atoms with Crippen LogP contribution in [0.25, 0.3) is 0 Å². The van der Waals surface area contributed by atoms with Gasteiger partial charge < -0.3 is 15.0 Å². The molecule has 1 N–H and O–H groups in total. The molecule has 4 nitrogen and oxygen atoms in total. The summed E-state index contributed by atoms with van der Waals surface area (Å²) < 4.78 is 5.66. The third-order valence-electron chi connectivity index (χ3n) is 3.19. The fraction of sp³-hybridized carbons (Fsp3) is 0.786. The first kappa shape index (κ1) is 14.8. The normalized spacial score (nSPS) is 24.8. The molecule has 108 valence electrons. The molecule has 1 aromatic heterocycles. The Balaban J connectivity index is 1.99. The van der Waals surface area contributed by atoms with Crippen molar-refractivity contribution in [2.75, 3.05) is 18.1 Å². The fourth-order valence-corrected chi connectivity index (χ4v) is 3.00. The van der Waals surface area contributed by atoms with Gasteiger partial charge in [-0.05, 0) is 34.6 Å². The second-order valence-corrected chi connectivity index (χ2v) is 7.45. The number of hydrogen-bond acceptors (Lipinski definition) is 5. The van der Waals surface area contributed by atoms with E-state index in [2.05, 4.69) is 49.8 Å². The molecule has 0 aromatic carbocycles. The maximum Gasteiger partial charge on any atom is 0.185 e. The molecular formula is C14H25N3OS. The number of rotatable bonds is 3. The largest absolute Gasteiger partial charge is 0.375 e. The molecule has 0 aliphatic carbocycles. The molecule has 1 aliphatic rings. The van der Waals surface area contributed by atoms with Crippen LogP contribution < -0.4 is 10.2 Å². The van der Waals surface area contributed by atoms with Crippen LogP contribution >= 0.6 is 11.3 Å². The Morgan fingerprint density at radius 2 is 2.21 bits per heavy atom. The lowest BCUT2D eigenvalue weighted by Crippen LogP contribution is -2.47. The van der Waals surface area contributed by atoms with E-state index in [9.17, 15) is 0 Å². The molecule has 1 fully saturated rings. The highest BCUT2D eigenvalue weighted by molar-refractivity contribution is 7.15. The Morgan fingerprint density at radius 3 is 2.89 bits per heavy atom. The summed E-state index contributed by atoms with van der Waals surface area (Å²) in [5.74, 6) is 0. The molecule has 0 saturated carbocycles. The molecule has 1 saturated heterocycles. The molecule has 2 atom stereocenters. The molecule has 19 heavy (non-hydrogen) atoms. The number of aromatic nitrogens is 1. The number of hydrogen-bond donors (Lipinski definition) is 1. The fourth-order valence-electron chi connectivity index (χ4n) is 2.03. The van der Waals surface area contributed by atoms with Gasteiger partial charge in [0.05, 0.1) is 18.8 Å². The summed E-state index contributed by atoms with van der Waals surface area (Å²) in [6.07, 6.45) is 2.28. The quantitative estimate of drug-likeness (QED) is 0.925. The highest BCUT2D eigenvalue weighted by atomic mass is 32.1. The average Bonchev–Trinajstić information content (AvgIpc) is 2.77. The average molecular weight is 283 g/mol. The van der Waals surface area contributed by atoms with Crippen molar-refractivity contribution < 1.29 is 4.74 Å². The van der Waals surface area contributed by atoms with Crippen LogP contribution in [-0.2, 0) is 11.3 Å². The summed E-state index contributed by atoms with van der Waals surface area (Å²) in [5.41, 5.74) is 0.144. The molecule has 2 heterocycles. The highest BCUT2D eigenvalue weighted by Gasteiger charge is 2.25. The first-order valence-corrected chi connectivity index (χ1v) is 7.75. The van der Waals surface area contributed by atoms with Crippen molar-refractivity contribution in [1.29, 1.82) is 0 Å². The van der Waals surface area contributed by atoms with E-state index in [1.54, 1.807) is 11.3 Å². The van der Waals surface area contributed by atoms with E-state index in [0.29, 0.717) is 6.04 Å². The first-order valence-electron chi connectivity index (χ1n) is 6.93. The lowest BCUT2D eigenvalue weighted by molar-refractivity contribution is 0.0343. The molecule has 1 aliphatic heterocycles. The summed E-state index contributed by atoms with van der Waals surface area (Å²) in [5, 5.41) is 4.62. The summed E-state index contributed by atoms with van der Waals surface area (Å²) in [6, 6.07) is 0.408. The summed E-state index contributed by atoms with van der Waals surface area (Å²) in [6.45, 7) is 13.5. The van der Waals surface area contributed by atoms with Crippen LogP contribution in [0, 0.1) is 0 Å². The van der Waals surface area contributed by atoms with Gasteiger partial charge in [-0.2, -0.15) is 0 Å². The lowest BCUT2D eigenvalue weighted by Gasteiger charge is -2.36. The number of thiazole rings is 1. The van der Waals surface area contributed by atoms with Gasteiger partial charge in [0.15, 0.2) is 5.13 Å². The van der Waals surface area contributed by atoms with Crippen LogP contribution in [0.2, 0.25) is 0 Å². The van der Waals surface area contributed by atoms with Crippen LogP contribution in [0.3, 0.4) is 0 Å². The number of morpholine rings is 1. The number of nitrogens with zero attached hydrogens (tertiary/aromatic N) is 2. The Hall–Kier alpha value is -0.650. The first-order chi connectivity index (χ1) is 8.85. The second kappa shape index (κ2) is 5.77. The van der Waals surface area contributed by atoms with Gasteiger partial charge in [-0.25, -0.2) is 4.98 Å². The smallest absolute Gasteiger partial charge is 0.185 e. The maximum atomic E-state index is 5.66. The van der Waals surface area contributed by atoms with E-state index in [0.717, 1.165) is 24.8 Å². The van der Waals surface area contributed by atoms with Crippen LogP contribution in [0.1, 0.15) is 39.5 Å². The summed E-state index contributed by atoms with van der Waals surface area (Å²) in [7, 11) is 0. The molecule has 0 bridgehead atoms. The molecular weight excluding hydrogens is 258 g/mol. The van der Waals surface area contributed by atoms with Gasteiger partial charge in [0.25, 0.3) is 0 Å². The van der Waals surface area contributed by atoms with Gasteiger partial charge in [0.1, 0.15) is 0 Å². The minimum Gasteiger partial charge on any atom is -0.375 e. The molecule has 0 spiro atoms. The SMILES string of the molecule is CC1CN(c2ncc(CNC(C)(C)C)s2)C(C)CO1.